The van der Waals surface area contributed by atoms with Gasteiger partial charge in [0.05, 0.1) is 17.7 Å². The number of nitrogens with zero attached hydrogens (tertiary/aromatic N) is 1. The predicted octanol–water partition coefficient (Wildman–Crippen LogP) is 0.413. The van der Waals surface area contributed by atoms with Crippen molar-refractivity contribution >= 4 is 17.6 Å². The molecule has 2 atom stereocenters. The number of pyridine rings is 1. The monoisotopic (exact) mass is 231 g/mol. The van der Waals surface area contributed by atoms with Gasteiger partial charge in [0, 0.05) is 0 Å². The van der Waals surface area contributed by atoms with Crippen LogP contribution in [0.15, 0.2) is 18.2 Å². The van der Waals surface area contributed by atoms with Crippen molar-refractivity contribution < 1.29 is 20.1 Å². The average molecular weight is 232 g/mol. The third kappa shape index (κ3) is 2.89. The van der Waals surface area contributed by atoms with E-state index in [1.54, 1.807) is 0 Å². The number of carboxylic acid groups (broad SMARTS) is 1. The lowest BCUT2D eigenvalue weighted by Crippen LogP contribution is -2.21. The van der Waals surface area contributed by atoms with Gasteiger partial charge in [0.25, 0.3) is 0 Å². The van der Waals surface area contributed by atoms with E-state index in [1.807, 2.05) is 0 Å². The van der Waals surface area contributed by atoms with E-state index in [1.165, 1.54) is 18.2 Å². The van der Waals surface area contributed by atoms with Crippen LogP contribution in [-0.4, -0.2) is 38.3 Å². The number of rotatable bonds is 4. The molecule has 0 radical (unpaired) electrons. The third-order valence-corrected chi connectivity index (χ3v) is 2.13. The summed E-state index contributed by atoms with van der Waals surface area (Å²) in [5, 5.41) is 27.4. The molecular formula is C9H10ClNO4. The molecule has 15 heavy (non-hydrogen) atoms. The number of halogens is 1. The van der Waals surface area contributed by atoms with Crippen LogP contribution >= 0.6 is 11.6 Å². The summed E-state index contributed by atoms with van der Waals surface area (Å²) in [6, 6.07) is 4.16. The highest BCUT2D eigenvalue weighted by atomic mass is 35.5. The van der Waals surface area contributed by atoms with Gasteiger partial charge in [0.15, 0.2) is 0 Å². The van der Waals surface area contributed by atoms with E-state index < -0.39 is 18.2 Å². The van der Waals surface area contributed by atoms with Crippen LogP contribution in [-0.2, 0) is 0 Å². The number of hydrogen-bond acceptors (Lipinski definition) is 4. The van der Waals surface area contributed by atoms with Gasteiger partial charge in [-0.15, -0.1) is 11.6 Å². The largest absolute Gasteiger partial charge is 0.477 e. The van der Waals surface area contributed by atoms with Gasteiger partial charge < -0.3 is 15.3 Å². The van der Waals surface area contributed by atoms with Gasteiger partial charge in [0.1, 0.15) is 11.8 Å². The molecule has 0 aliphatic carbocycles. The summed E-state index contributed by atoms with van der Waals surface area (Å²) in [4.78, 5) is 14.3. The minimum absolute atomic E-state index is 0.0862. The number of aromatic carboxylic acids is 1. The summed E-state index contributed by atoms with van der Waals surface area (Å²) in [5.74, 6) is -1.34. The summed E-state index contributed by atoms with van der Waals surface area (Å²) in [6.45, 7) is 0. The minimum atomic E-state index is -1.28. The van der Waals surface area contributed by atoms with Crippen LogP contribution in [0.25, 0.3) is 0 Å². The van der Waals surface area contributed by atoms with Crippen molar-refractivity contribution in [2.75, 3.05) is 5.88 Å². The molecule has 0 fully saturated rings. The maximum Gasteiger partial charge on any atom is 0.354 e. The maximum atomic E-state index is 10.6. The Labute approximate surface area is 91.0 Å². The number of hydrogen-bond donors (Lipinski definition) is 3. The lowest BCUT2D eigenvalue weighted by Gasteiger charge is -2.14. The highest BCUT2D eigenvalue weighted by Gasteiger charge is 2.19. The van der Waals surface area contributed by atoms with Crippen LogP contribution in [0.5, 0.6) is 0 Å². The molecule has 1 aromatic heterocycles. The van der Waals surface area contributed by atoms with Gasteiger partial charge in [0.2, 0.25) is 0 Å². The second kappa shape index (κ2) is 5.06. The highest BCUT2D eigenvalue weighted by Crippen LogP contribution is 2.15. The summed E-state index contributed by atoms with van der Waals surface area (Å²) in [5.41, 5.74) is -0.101. The summed E-state index contributed by atoms with van der Waals surface area (Å²) < 4.78 is 0. The van der Waals surface area contributed by atoms with Gasteiger partial charge in [-0.1, -0.05) is 6.07 Å². The first kappa shape index (κ1) is 11.9. The fourth-order valence-corrected chi connectivity index (χ4v) is 1.19. The quantitative estimate of drug-likeness (QED) is 0.653. The van der Waals surface area contributed by atoms with E-state index in [0.717, 1.165) is 0 Å². The zero-order valence-corrected chi connectivity index (χ0v) is 8.42. The van der Waals surface area contributed by atoms with E-state index in [0.29, 0.717) is 0 Å². The van der Waals surface area contributed by atoms with E-state index in [9.17, 15) is 15.0 Å². The second-order valence-electron chi connectivity index (χ2n) is 2.92. The normalized spacial score (nSPS) is 14.6. The molecule has 0 aliphatic heterocycles. The molecule has 2 unspecified atom stereocenters. The molecule has 0 aromatic carbocycles. The Morgan fingerprint density at radius 3 is 2.67 bits per heavy atom. The van der Waals surface area contributed by atoms with Crippen LogP contribution in [0.1, 0.15) is 22.3 Å². The van der Waals surface area contributed by atoms with Crippen molar-refractivity contribution in [1.82, 2.24) is 4.98 Å². The number of aliphatic hydroxyl groups is 2. The van der Waals surface area contributed by atoms with Crippen LogP contribution in [0, 0.1) is 0 Å². The molecule has 1 aromatic rings. The zero-order valence-electron chi connectivity index (χ0n) is 7.67. The predicted molar refractivity (Wildman–Crippen MR) is 52.9 cm³/mol. The van der Waals surface area contributed by atoms with E-state index in [2.05, 4.69) is 4.98 Å². The first-order valence-corrected chi connectivity index (χ1v) is 4.72. The molecule has 82 valence electrons. The fraction of sp³-hybridized carbons (Fsp3) is 0.333. The van der Waals surface area contributed by atoms with Crippen molar-refractivity contribution in [2.45, 2.75) is 12.2 Å². The molecule has 0 spiro atoms. The second-order valence-corrected chi connectivity index (χ2v) is 3.23. The van der Waals surface area contributed by atoms with Crippen molar-refractivity contribution in [3.8, 4) is 0 Å². The van der Waals surface area contributed by atoms with Gasteiger partial charge in [-0.05, 0) is 12.1 Å². The molecule has 0 aliphatic rings. The highest BCUT2D eigenvalue weighted by molar-refractivity contribution is 6.18. The number of aromatic nitrogens is 1. The Bertz CT molecular complexity index is 358. The molecular weight excluding hydrogens is 222 g/mol. The first-order valence-electron chi connectivity index (χ1n) is 4.18. The van der Waals surface area contributed by atoms with E-state index in [-0.39, 0.29) is 17.3 Å². The number of aliphatic hydroxyl groups excluding tert-OH is 2. The Morgan fingerprint density at radius 1 is 1.47 bits per heavy atom. The molecule has 1 heterocycles. The SMILES string of the molecule is O=C(O)c1cccc(C(O)C(O)CCl)n1. The van der Waals surface area contributed by atoms with Gasteiger partial charge in [-0.2, -0.15) is 0 Å². The van der Waals surface area contributed by atoms with Crippen molar-refractivity contribution in [3.63, 3.8) is 0 Å². The molecule has 6 heteroatoms. The summed E-state index contributed by atoms with van der Waals surface area (Å²) >= 11 is 5.34. The van der Waals surface area contributed by atoms with Crippen LogP contribution in [0.3, 0.4) is 0 Å². The summed E-state index contributed by atoms with van der Waals surface area (Å²) in [7, 11) is 0. The Morgan fingerprint density at radius 2 is 2.13 bits per heavy atom. The van der Waals surface area contributed by atoms with Gasteiger partial charge >= 0.3 is 5.97 Å². The van der Waals surface area contributed by atoms with Gasteiger partial charge in [-0.25, -0.2) is 9.78 Å². The van der Waals surface area contributed by atoms with Crippen molar-refractivity contribution in [3.05, 3.63) is 29.6 Å². The lowest BCUT2D eigenvalue weighted by atomic mass is 10.1. The number of carbonyl (C=O) groups is 1. The number of alkyl halides is 1. The Balaban J connectivity index is 2.94. The molecule has 1 rings (SSSR count). The maximum absolute atomic E-state index is 10.6. The Hall–Kier alpha value is -1.17. The third-order valence-electron chi connectivity index (χ3n) is 1.82. The lowest BCUT2D eigenvalue weighted by molar-refractivity contribution is 0.0297. The molecule has 0 saturated carbocycles. The van der Waals surface area contributed by atoms with Crippen molar-refractivity contribution in [2.24, 2.45) is 0 Å². The van der Waals surface area contributed by atoms with Crippen LogP contribution in [0.2, 0.25) is 0 Å². The Kier molecular flexibility index (Phi) is 4.02. The van der Waals surface area contributed by atoms with E-state index in [4.69, 9.17) is 16.7 Å². The smallest absolute Gasteiger partial charge is 0.354 e. The standard InChI is InChI=1S/C9H10ClNO4/c10-4-7(12)8(13)5-2-1-3-6(11-5)9(14)15/h1-3,7-8,12-13H,4H2,(H,14,15). The van der Waals surface area contributed by atoms with Crippen LogP contribution in [0.4, 0.5) is 0 Å². The van der Waals surface area contributed by atoms with E-state index >= 15 is 0 Å². The van der Waals surface area contributed by atoms with Crippen molar-refractivity contribution in [1.29, 1.82) is 0 Å². The molecule has 3 N–H and O–H groups in total. The first-order chi connectivity index (χ1) is 7.06. The average Bonchev–Trinajstić information content (AvgIpc) is 2.27. The molecule has 5 nitrogen and oxygen atoms in total. The summed E-state index contributed by atoms with van der Waals surface area (Å²) in [6.07, 6.45) is -2.44. The van der Waals surface area contributed by atoms with Crippen LogP contribution < -0.4 is 0 Å². The molecule has 0 bridgehead atoms. The number of carboxylic acids is 1. The fourth-order valence-electron chi connectivity index (χ4n) is 1.02. The molecule has 0 saturated heterocycles. The topological polar surface area (TPSA) is 90.7 Å². The minimum Gasteiger partial charge on any atom is -0.477 e. The van der Waals surface area contributed by atoms with Gasteiger partial charge in [-0.3, -0.25) is 0 Å². The zero-order chi connectivity index (χ0) is 11.4. The molecule has 0 amide bonds.